The summed E-state index contributed by atoms with van der Waals surface area (Å²) in [7, 11) is 0. The Morgan fingerprint density at radius 2 is 2.11 bits per heavy atom. The normalized spacial score (nSPS) is 20.5. The summed E-state index contributed by atoms with van der Waals surface area (Å²) in [5.74, 6) is 2.04. The van der Waals surface area contributed by atoms with Gasteiger partial charge in [-0.15, -0.1) is 0 Å². The first-order valence-corrected chi connectivity index (χ1v) is 9.87. The number of aromatic nitrogens is 2. The molecule has 1 saturated carbocycles. The van der Waals surface area contributed by atoms with E-state index in [1.54, 1.807) is 6.26 Å². The van der Waals surface area contributed by atoms with Gasteiger partial charge in [-0.05, 0) is 37.5 Å². The van der Waals surface area contributed by atoms with Crippen molar-refractivity contribution in [1.82, 2.24) is 20.0 Å². The van der Waals surface area contributed by atoms with Crippen molar-refractivity contribution in [3.05, 3.63) is 54.6 Å². The molecule has 2 aromatic heterocycles. The molecule has 0 spiro atoms. The van der Waals surface area contributed by atoms with E-state index in [9.17, 15) is 0 Å². The molecule has 1 N–H and O–H groups in total. The summed E-state index contributed by atoms with van der Waals surface area (Å²) in [4.78, 5) is 7.27. The van der Waals surface area contributed by atoms with Crippen molar-refractivity contribution in [3.8, 4) is 0 Å². The molecular weight excluding hydrogens is 338 g/mol. The van der Waals surface area contributed by atoms with Crippen molar-refractivity contribution in [2.45, 2.75) is 37.8 Å². The van der Waals surface area contributed by atoms with Gasteiger partial charge in [0, 0.05) is 37.5 Å². The van der Waals surface area contributed by atoms with Crippen molar-refractivity contribution in [1.29, 1.82) is 0 Å². The Labute approximate surface area is 158 Å². The minimum absolute atomic E-state index is 0.390. The zero-order chi connectivity index (χ0) is 18.1. The van der Waals surface area contributed by atoms with Crippen LogP contribution in [0.15, 0.2) is 58.3 Å². The predicted molar refractivity (Wildman–Crippen MR) is 106 cm³/mol. The van der Waals surface area contributed by atoms with Crippen LogP contribution >= 0.6 is 0 Å². The Kier molecular flexibility index (Phi) is 4.32. The standard InChI is InChI=1S/C21H25N5O/c1-2-6-20-16(4-1)14-23-26(20)18-10-12-25(15-18)21(24-17-7-8-17)22-11-9-19-5-3-13-27-19/h1-6,13-14,17-18H,7-12,15H2,(H,22,24). The van der Waals surface area contributed by atoms with Crippen molar-refractivity contribution >= 4 is 16.9 Å². The van der Waals surface area contributed by atoms with Gasteiger partial charge in [0.1, 0.15) is 5.76 Å². The SMILES string of the molecule is c1coc(CCN=C(NC2CC2)N2CCC(n3ncc4ccccc43)C2)c1. The van der Waals surface area contributed by atoms with Crippen LogP contribution in [0.25, 0.3) is 10.9 Å². The number of rotatable bonds is 5. The van der Waals surface area contributed by atoms with Crippen LogP contribution in [0.5, 0.6) is 0 Å². The number of hydrogen-bond donors (Lipinski definition) is 1. The van der Waals surface area contributed by atoms with E-state index in [0.29, 0.717) is 12.1 Å². The molecule has 5 rings (SSSR count). The lowest BCUT2D eigenvalue weighted by atomic mass is 10.2. The summed E-state index contributed by atoms with van der Waals surface area (Å²) in [5.41, 5.74) is 1.22. The maximum atomic E-state index is 5.43. The highest BCUT2D eigenvalue weighted by molar-refractivity contribution is 5.81. The molecule has 1 aliphatic heterocycles. The van der Waals surface area contributed by atoms with E-state index in [0.717, 1.165) is 44.2 Å². The fourth-order valence-electron chi connectivity index (χ4n) is 3.79. The Balaban J connectivity index is 1.29. The van der Waals surface area contributed by atoms with Gasteiger partial charge in [-0.3, -0.25) is 9.67 Å². The average Bonchev–Trinajstić information content (AvgIpc) is 3.11. The molecule has 6 nitrogen and oxygen atoms in total. The average molecular weight is 363 g/mol. The number of benzene rings is 1. The topological polar surface area (TPSA) is 58.6 Å². The minimum Gasteiger partial charge on any atom is -0.469 e. The van der Waals surface area contributed by atoms with Gasteiger partial charge in [0.25, 0.3) is 0 Å². The van der Waals surface area contributed by atoms with Gasteiger partial charge in [0.2, 0.25) is 0 Å². The molecule has 1 unspecified atom stereocenters. The molecule has 1 saturated heterocycles. The van der Waals surface area contributed by atoms with Gasteiger partial charge < -0.3 is 14.6 Å². The summed E-state index contributed by atoms with van der Waals surface area (Å²) >= 11 is 0. The summed E-state index contributed by atoms with van der Waals surface area (Å²) in [6, 6.07) is 13.4. The lowest BCUT2D eigenvalue weighted by Crippen LogP contribution is -2.41. The van der Waals surface area contributed by atoms with Crippen molar-refractivity contribution in [2.24, 2.45) is 4.99 Å². The van der Waals surface area contributed by atoms with Crippen molar-refractivity contribution in [3.63, 3.8) is 0 Å². The molecule has 1 aromatic carbocycles. The van der Waals surface area contributed by atoms with E-state index >= 15 is 0 Å². The van der Waals surface area contributed by atoms with Gasteiger partial charge >= 0.3 is 0 Å². The quantitative estimate of drug-likeness (QED) is 0.559. The maximum absolute atomic E-state index is 5.43. The third kappa shape index (κ3) is 3.56. The molecule has 3 aromatic rings. The third-order valence-electron chi connectivity index (χ3n) is 5.42. The first-order chi connectivity index (χ1) is 13.4. The zero-order valence-corrected chi connectivity index (χ0v) is 15.4. The van der Waals surface area contributed by atoms with Crippen molar-refractivity contribution < 1.29 is 4.42 Å². The Bertz CT molecular complexity index is 925. The van der Waals surface area contributed by atoms with Crippen molar-refractivity contribution in [2.75, 3.05) is 19.6 Å². The Morgan fingerprint density at radius 1 is 1.19 bits per heavy atom. The summed E-state index contributed by atoms with van der Waals surface area (Å²) in [5, 5.41) is 9.50. The number of nitrogens with zero attached hydrogens (tertiary/aromatic N) is 4. The molecule has 0 bridgehead atoms. The van der Waals surface area contributed by atoms with Crippen LogP contribution in [0.3, 0.4) is 0 Å². The van der Waals surface area contributed by atoms with Gasteiger partial charge in [0.05, 0.1) is 24.0 Å². The number of hydrogen-bond acceptors (Lipinski definition) is 3. The van der Waals surface area contributed by atoms with Crippen LogP contribution in [0.4, 0.5) is 0 Å². The number of para-hydroxylation sites is 1. The molecule has 140 valence electrons. The number of nitrogens with one attached hydrogen (secondary N) is 1. The van der Waals surface area contributed by atoms with Crippen LogP contribution in [0, 0.1) is 0 Å². The molecule has 3 heterocycles. The van der Waals surface area contributed by atoms with Gasteiger partial charge in [0.15, 0.2) is 5.96 Å². The lowest BCUT2D eigenvalue weighted by Gasteiger charge is -2.22. The molecule has 27 heavy (non-hydrogen) atoms. The molecule has 0 amide bonds. The number of likely N-dealkylation sites (tertiary alicyclic amines) is 1. The number of aliphatic imine (C=N–C) groups is 1. The Hall–Kier alpha value is -2.76. The first-order valence-electron chi connectivity index (χ1n) is 9.87. The van der Waals surface area contributed by atoms with Gasteiger partial charge in [-0.1, -0.05) is 18.2 Å². The summed E-state index contributed by atoms with van der Waals surface area (Å²) in [6.07, 6.45) is 8.12. The molecule has 2 aliphatic rings. The van der Waals surface area contributed by atoms with E-state index in [-0.39, 0.29) is 0 Å². The second-order valence-corrected chi connectivity index (χ2v) is 7.49. The molecule has 1 aliphatic carbocycles. The number of fused-ring (bicyclic) bond motifs is 1. The zero-order valence-electron chi connectivity index (χ0n) is 15.4. The van der Waals surface area contributed by atoms with Gasteiger partial charge in [-0.2, -0.15) is 5.10 Å². The predicted octanol–water partition coefficient (Wildman–Crippen LogP) is 3.23. The van der Waals surface area contributed by atoms with E-state index in [2.05, 4.69) is 44.3 Å². The van der Waals surface area contributed by atoms with E-state index < -0.39 is 0 Å². The largest absolute Gasteiger partial charge is 0.469 e. The summed E-state index contributed by atoms with van der Waals surface area (Å²) < 4.78 is 7.61. The first kappa shape index (κ1) is 16.4. The molecule has 2 fully saturated rings. The van der Waals surface area contributed by atoms with Crippen LogP contribution < -0.4 is 5.32 Å². The highest BCUT2D eigenvalue weighted by atomic mass is 16.3. The van der Waals surface area contributed by atoms with E-state index in [4.69, 9.17) is 9.41 Å². The van der Waals surface area contributed by atoms with Crippen LogP contribution in [-0.4, -0.2) is 46.3 Å². The monoisotopic (exact) mass is 363 g/mol. The highest BCUT2D eigenvalue weighted by Gasteiger charge is 2.30. The lowest BCUT2D eigenvalue weighted by molar-refractivity contribution is 0.438. The third-order valence-corrected chi connectivity index (χ3v) is 5.42. The smallest absolute Gasteiger partial charge is 0.194 e. The molecule has 1 atom stereocenters. The van der Waals surface area contributed by atoms with Gasteiger partial charge in [-0.25, -0.2) is 0 Å². The van der Waals surface area contributed by atoms with E-state index in [1.807, 2.05) is 18.3 Å². The second kappa shape index (κ2) is 7.10. The summed E-state index contributed by atoms with van der Waals surface area (Å²) in [6.45, 7) is 2.71. The maximum Gasteiger partial charge on any atom is 0.194 e. The van der Waals surface area contributed by atoms with Crippen LogP contribution in [0.2, 0.25) is 0 Å². The number of guanidine groups is 1. The van der Waals surface area contributed by atoms with Crippen LogP contribution in [0.1, 0.15) is 31.1 Å². The number of furan rings is 1. The second-order valence-electron chi connectivity index (χ2n) is 7.49. The fourth-order valence-corrected chi connectivity index (χ4v) is 3.79. The molecule has 6 heteroatoms. The molecular formula is C21H25N5O. The minimum atomic E-state index is 0.390. The Morgan fingerprint density at radius 3 is 2.96 bits per heavy atom. The fraction of sp³-hybridized carbons (Fsp3) is 0.429. The highest BCUT2D eigenvalue weighted by Crippen LogP contribution is 2.26. The molecule has 0 radical (unpaired) electrons. The van der Waals surface area contributed by atoms with Crippen LogP contribution in [-0.2, 0) is 6.42 Å². The van der Waals surface area contributed by atoms with E-state index in [1.165, 1.54) is 23.7 Å².